The Morgan fingerprint density at radius 2 is 1.88 bits per heavy atom. The molecular formula is C18H16ClNO3S. The molecule has 6 heteroatoms. The zero-order valence-corrected chi connectivity index (χ0v) is 14.4. The first-order valence-electron chi connectivity index (χ1n) is 7.79. The number of para-hydroxylation sites is 2. The summed E-state index contributed by atoms with van der Waals surface area (Å²) in [5, 5.41) is 0.604. The van der Waals surface area contributed by atoms with E-state index in [-0.39, 0.29) is 17.9 Å². The van der Waals surface area contributed by atoms with Gasteiger partial charge in [-0.15, -0.1) is 11.8 Å². The normalized spacial score (nSPS) is 22.5. The Balaban J connectivity index is 1.55. The molecule has 24 heavy (non-hydrogen) atoms. The van der Waals surface area contributed by atoms with E-state index in [0.717, 1.165) is 11.3 Å². The van der Waals surface area contributed by atoms with Crippen LogP contribution in [0, 0.1) is 0 Å². The average molecular weight is 362 g/mol. The van der Waals surface area contributed by atoms with Crippen molar-refractivity contribution >= 4 is 29.3 Å². The highest BCUT2D eigenvalue weighted by atomic mass is 35.5. The first-order valence-corrected chi connectivity index (χ1v) is 9.22. The maximum Gasteiger partial charge on any atom is 0.268 e. The molecule has 0 spiro atoms. The van der Waals surface area contributed by atoms with Crippen molar-refractivity contribution in [1.82, 2.24) is 4.90 Å². The number of thioether (sulfide) groups is 1. The number of hydrogen-bond acceptors (Lipinski definition) is 4. The molecule has 4 rings (SSSR count). The molecule has 2 unspecified atom stereocenters. The number of rotatable bonds is 2. The molecular weight excluding hydrogens is 346 g/mol. The molecule has 2 aromatic rings. The molecule has 0 aromatic heterocycles. The molecule has 2 atom stereocenters. The molecule has 0 aliphatic carbocycles. The van der Waals surface area contributed by atoms with E-state index in [0.29, 0.717) is 23.1 Å². The minimum absolute atomic E-state index is 0.0561. The largest absolute Gasteiger partial charge is 0.485 e. The second kappa shape index (κ2) is 6.57. The van der Waals surface area contributed by atoms with Gasteiger partial charge in [-0.05, 0) is 18.2 Å². The van der Waals surface area contributed by atoms with Crippen LogP contribution >= 0.6 is 23.4 Å². The van der Waals surface area contributed by atoms with Gasteiger partial charge in [0.25, 0.3) is 5.91 Å². The summed E-state index contributed by atoms with van der Waals surface area (Å²) < 4.78 is 11.5. The highest BCUT2D eigenvalue weighted by Crippen LogP contribution is 2.41. The molecule has 0 N–H and O–H groups in total. The van der Waals surface area contributed by atoms with Gasteiger partial charge in [-0.2, -0.15) is 0 Å². The maximum absolute atomic E-state index is 13.0. The summed E-state index contributed by atoms with van der Waals surface area (Å²) in [7, 11) is 0. The molecule has 2 aliphatic heterocycles. The Morgan fingerprint density at radius 1 is 1.12 bits per heavy atom. The van der Waals surface area contributed by atoms with Crippen LogP contribution < -0.4 is 9.47 Å². The average Bonchev–Trinajstić information content (AvgIpc) is 3.10. The van der Waals surface area contributed by atoms with E-state index >= 15 is 0 Å². The summed E-state index contributed by atoms with van der Waals surface area (Å²) in [6.07, 6.45) is -0.622. The van der Waals surface area contributed by atoms with Crippen molar-refractivity contribution in [1.29, 1.82) is 0 Å². The number of ether oxygens (including phenoxy) is 2. The monoisotopic (exact) mass is 361 g/mol. The highest BCUT2D eigenvalue weighted by Gasteiger charge is 2.38. The lowest BCUT2D eigenvalue weighted by atomic mass is 10.2. The van der Waals surface area contributed by atoms with E-state index < -0.39 is 6.10 Å². The van der Waals surface area contributed by atoms with Crippen molar-refractivity contribution in [2.45, 2.75) is 11.5 Å². The van der Waals surface area contributed by atoms with Crippen LogP contribution in [-0.2, 0) is 4.79 Å². The van der Waals surface area contributed by atoms with E-state index in [4.69, 9.17) is 21.1 Å². The highest BCUT2D eigenvalue weighted by molar-refractivity contribution is 7.99. The first-order chi connectivity index (χ1) is 11.7. The Morgan fingerprint density at radius 3 is 2.71 bits per heavy atom. The Kier molecular flexibility index (Phi) is 4.29. The minimum Gasteiger partial charge on any atom is -0.485 e. The lowest BCUT2D eigenvalue weighted by Crippen LogP contribution is -2.46. The summed E-state index contributed by atoms with van der Waals surface area (Å²) in [4.78, 5) is 14.8. The third-order valence-electron chi connectivity index (χ3n) is 4.13. The Labute approximate surface area is 149 Å². The summed E-state index contributed by atoms with van der Waals surface area (Å²) in [5.74, 6) is 2.12. The second-order valence-electron chi connectivity index (χ2n) is 5.64. The van der Waals surface area contributed by atoms with E-state index in [1.807, 2.05) is 53.4 Å². The molecule has 1 amide bonds. The van der Waals surface area contributed by atoms with Gasteiger partial charge in [0.05, 0.1) is 0 Å². The van der Waals surface area contributed by atoms with Gasteiger partial charge in [0.15, 0.2) is 11.5 Å². The SMILES string of the molecule is O=C(C1COc2ccccc2O1)N1CCSC1c1ccccc1Cl. The van der Waals surface area contributed by atoms with Gasteiger partial charge in [0.2, 0.25) is 6.10 Å². The van der Waals surface area contributed by atoms with Crippen LogP contribution in [0.15, 0.2) is 48.5 Å². The van der Waals surface area contributed by atoms with Gasteiger partial charge in [0.1, 0.15) is 12.0 Å². The van der Waals surface area contributed by atoms with E-state index in [9.17, 15) is 4.79 Å². The number of benzene rings is 2. The number of carbonyl (C=O) groups is 1. The van der Waals surface area contributed by atoms with Crippen LogP contribution in [-0.4, -0.2) is 35.8 Å². The van der Waals surface area contributed by atoms with Crippen molar-refractivity contribution in [3.63, 3.8) is 0 Å². The fraction of sp³-hybridized carbons (Fsp3) is 0.278. The molecule has 1 saturated heterocycles. The molecule has 2 heterocycles. The number of carbonyl (C=O) groups excluding carboxylic acids is 1. The zero-order valence-electron chi connectivity index (χ0n) is 12.9. The number of fused-ring (bicyclic) bond motifs is 1. The topological polar surface area (TPSA) is 38.8 Å². The van der Waals surface area contributed by atoms with E-state index in [1.165, 1.54) is 0 Å². The zero-order chi connectivity index (χ0) is 16.5. The first kappa shape index (κ1) is 15.7. The lowest BCUT2D eigenvalue weighted by Gasteiger charge is -2.31. The molecule has 2 aromatic carbocycles. The minimum atomic E-state index is -0.622. The molecule has 1 fully saturated rings. The number of amides is 1. The standard InChI is InChI=1S/C18H16ClNO3S/c19-13-6-2-1-5-12(13)18-20(9-10-24-18)17(21)16-11-22-14-7-3-4-8-15(14)23-16/h1-8,16,18H,9-11H2. The summed E-state index contributed by atoms with van der Waals surface area (Å²) >= 11 is 8.04. The number of nitrogens with zero attached hydrogens (tertiary/aromatic N) is 1. The molecule has 0 bridgehead atoms. The van der Waals surface area contributed by atoms with E-state index in [2.05, 4.69) is 0 Å². The molecule has 124 valence electrons. The van der Waals surface area contributed by atoms with Crippen molar-refractivity contribution in [3.05, 3.63) is 59.1 Å². The van der Waals surface area contributed by atoms with Gasteiger partial charge in [0, 0.05) is 22.9 Å². The number of hydrogen-bond donors (Lipinski definition) is 0. The van der Waals surface area contributed by atoms with Crippen LogP contribution in [0.3, 0.4) is 0 Å². The summed E-state index contributed by atoms with van der Waals surface area (Å²) in [6.45, 7) is 0.910. The predicted octanol–water partition coefficient (Wildman–Crippen LogP) is 3.75. The third-order valence-corrected chi connectivity index (χ3v) is 5.72. The van der Waals surface area contributed by atoms with Crippen molar-refractivity contribution in [3.8, 4) is 11.5 Å². The number of halogens is 1. The molecule has 0 saturated carbocycles. The fourth-order valence-electron chi connectivity index (χ4n) is 2.95. The molecule has 2 aliphatic rings. The Hall–Kier alpha value is -1.85. The lowest BCUT2D eigenvalue weighted by molar-refractivity contribution is -0.141. The summed E-state index contributed by atoms with van der Waals surface area (Å²) in [5.41, 5.74) is 0.965. The van der Waals surface area contributed by atoms with E-state index in [1.54, 1.807) is 11.8 Å². The summed E-state index contributed by atoms with van der Waals surface area (Å²) in [6, 6.07) is 15.1. The Bertz CT molecular complexity index is 769. The van der Waals surface area contributed by atoms with Crippen LogP contribution in [0.1, 0.15) is 10.9 Å². The van der Waals surface area contributed by atoms with Crippen LogP contribution in [0.4, 0.5) is 0 Å². The van der Waals surface area contributed by atoms with Crippen molar-refractivity contribution in [2.24, 2.45) is 0 Å². The fourth-order valence-corrected chi connectivity index (χ4v) is 4.56. The van der Waals surface area contributed by atoms with Gasteiger partial charge in [-0.3, -0.25) is 4.79 Å². The van der Waals surface area contributed by atoms with Gasteiger partial charge >= 0.3 is 0 Å². The second-order valence-corrected chi connectivity index (χ2v) is 7.24. The van der Waals surface area contributed by atoms with Gasteiger partial charge in [-0.1, -0.05) is 41.9 Å². The molecule has 0 radical (unpaired) electrons. The van der Waals surface area contributed by atoms with Crippen LogP contribution in [0.2, 0.25) is 5.02 Å². The van der Waals surface area contributed by atoms with Gasteiger partial charge in [-0.25, -0.2) is 0 Å². The quantitative estimate of drug-likeness (QED) is 0.816. The van der Waals surface area contributed by atoms with Crippen LogP contribution in [0.25, 0.3) is 0 Å². The van der Waals surface area contributed by atoms with Crippen molar-refractivity contribution in [2.75, 3.05) is 18.9 Å². The molecule has 4 nitrogen and oxygen atoms in total. The van der Waals surface area contributed by atoms with Gasteiger partial charge < -0.3 is 14.4 Å². The maximum atomic E-state index is 13.0. The third kappa shape index (κ3) is 2.82. The predicted molar refractivity (Wildman–Crippen MR) is 94.7 cm³/mol. The smallest absolute Gasteiger partial charge is 0.268 e. The van der Waals surface area contributed by atoms with Crippen molar-refractivity contribution < 1.29 is 14.3 Å². The van der Waals surface area contributed by atoms with Crippen LogP contribution in [0.5, 0.6) is 11.5 Å².